The van der Waals surface area contributed by atoms with E-state index in [0.29, 0.717) is 6.54 Å². The minimum Gasteiger partial charge on any atom is -0.435 e. The molecular weight excluding hydrogens is 302 g/mol. The second-order valence-corrected chi connectivity index (χ2v) is 7.18. The Balaban J connectivity index is 3.40. The van der Waals surface area contributed by atoms with Gasteiger partial charge in [0.2, 0.25) is 0 Å². The Hall–Kier alpha value is -1.10. The molecule has 0 saturated heterocycles. The highest BCUT2D eigenvalue weighted by Crippen LogP contribution is 2.14. The fraction of sp³-hybridized carbons (Fsp3) is 0.895. The Morgan fingerprint density at radius 3 is 1.46 bits per heavy atom. The summed E-state index contributed by atoms with van der Waals surface area (Å²) in [5.41, 5.74) is 5.40. The van der Waals surface area contributed by atoms with Crippen molar-refractivity contribution in [1.29, 1.82) is 5.41 Å². The number of nitrogens with two attached hydrogens (primary N) is 1. The number of hydrogen-bond donors (Lipinski definition) is 3. The lowest BCUT2D eigenvalue weighted by atomic mass is 10.0. The van der Waals surface area contributed by atoms with Gasteiger partial charge in [-0.1, -0.05) is 84.0 Å². The molecule has 24 heavy (non-hydrogen) atoms. The summed E-state index contributed by atoms with van der Waals surface area (Å²) in [7, 11) is 1.49. The van der Waals surface area contributed by atoms with Crippen LogP contribution < -0.4 is 5.73 Å². The number of carboxylic acid groups (broad SMARTS) is 1. The summed E-state index contributed by atoms with van der Waals surface area (Å²) < 4.78 is -0.488. The third-order valence-corrected chi connectivity index (χ3v) is 4.91. The molecule has 1 atom stereocenters. The summed E-state index contributed by atoms with van der Waals surface area (Å²) in [5.74, 6) is -0.294. The third kappa shape index (κ3) is 10.6. The van der Waals surface area contributed by atoms with Gasteiger partial charge in [0, 0.05) is 0 Å². The van der Waals surface area contributed by atoms with E-state index in [4.69, 9.17) is 16.2 Å². The number of quaternary nitrogens is 1. The Morgan fingerprint density at radius 1 is 0.833 bits per heavy atom. The lowest BCUT2D eigenvalue weighted by Gasteiger charge is -2.24. The molecule has 0 spiro atoms. The van der Waals surface area contributed by atoms with Crippen LogP contribution in [0.25, 0.3) is 0 Å². The van der Waals surface area contributed by atoms with Crippen LogP contribution in [0.3, 0.4) is 0 Å². The van der Waals surface area contributed by atoms with Crippen LogP contribution >= 0.6 is 0 Å². The first-order chi connectivity index (χ1) is 11.4. The number of rotatable bonds is 15. The molecule has 1 amide bonds. The van der Waals surface area contributed by atoms with Crippen LogP contribution in [0.15, 0.2) is 0 Å². The van der Waals surface area contributed by atoms with Crippen LogP contribution in [0.5, 0.6) is 0 Å². The number of guanidine groups is 1. The first-order valence-corrected chi connectivity index (χ1v) is 9.88. The van der Waals surface area contributed by atoms with Gasteiger partial charge in [-0.25, -0.2) is 5.41 Å². The van der Waals surface area contributed by atoms with Gasteiger partial charge >= 0.3 is 12.1 Å². The zero-order valence-electron chi connectivity index (χ0n) is 16.0. The molecule has 0 fully saturated rings. The zero-order valence-corrected chi connectivity index (χ0v) is 16.0. The van der Waals surface area contributed by atoms with Crippen LogP contribution in [-0.2, 0) is 0 Å². The molecule has 0 radical (unpaired) electrons. The first-order valence-electron chi connectivity index (χ1n) is 9.88. The molecule has 0 aliphatic heterocycles. The number of nitrogens with zero attached hydrogens (tertiary/aromatic N) is 1. The molecule has 0 saturated carbocycles. The van der Waals surface area contributed by atoms with E-state index >= 15 is 0 Å². The standard InChI is InChI=1S/C19H39N3O2/c1-3-4-5-6-7-8-9-10-11-12-13-14-15-16-17-22(2,18(20)21)19(23)24/h3-17H2,1-2H3,(H3-,20,21,23,24)/p+1. The van der Waals surface area contributed by atoms with Gasteiger partial charge in [0.15, 0.2) is 0 Å². The summed E-state index contributed by atoms with van der Waals surface area (Å²) in [6, 6.07) is 0. The molecule has 4 N–H and O–H groups in total. The largest absolute Gasteiger partial charge is 0.521 e. The molecule has 0 aromatic rings. The third-order valence-electron chi connectivity index (χ3n) is 4.91. The quantitative estimate of drug-likeness (QED) is 0.159. The van der Waals surface area contributed by atoms with Gasteiger partial charge < -0.3 is 10.8 Å². The summed E-state index contributed by atoms with van der Waals surface area (Å²) in [5, 5.41) is 16.6. The lowest BCUT2D eigenvalue weighted by molar-refractivity contribution is -0.747. The van der Waals surface area contributed by atoms with E-state index < -0.39 is 10.6 Å². The molecule has 0 aliphatic rings. The van der Waals surface area contributed by atoms with Crippen LogP contribution in [0.4, 0.5) is 4.79 Å². The maximum absolute atomic E-state index is 11.2. The van der Waals surface area contributed by atoms with E-state index in [0.717, 1.165) is 19.3 Å². The van der Waals surface area contributed by atoms with Crippen molar-refractivity contribution >= 4 is 12.1 Å². The predicted octanol–water partition coefficient (Wildman–Crippen LogP) is 5.49. The van der Waals surface area contributed by atoms with E-state index in [1.165, 1.54) is 77.7 Å². The van der Waals surface area contributed by atoms with Crippen molar-refractivity contribution in [1.82, 2.24) is 0 Å². The van der Waals surface area contributed by atoms with Gasteiger partial charge in [0.1, 0.15) is 0 Å². The van der Waals surface area contributed by atoms with E-state index in [1.807, 2.05) is 0 Å². The lowest BCUT2D eigenvalue weighted by Crippen LogP contribution is -2.56. The molecule has 5 nitrogen and oxygen atoms in total. The van der Waals surface area contributed by atoms with Gasteiger partial charge in [-0.2, -0.15) is 9.28 Å². The van der Waals surface area contributed by atoms with Gasteiger partial charge in [-0.05, 0) is 12.8 Å². The highest BCUT2D eigenvalue weighted by atomic mass is 16.4. The fourth-order valence-corrected chi connectivity index (χ4v) is 2.94. The van der Waals surface area contributed by atoms with Crippen LogP contribution in [0.2, 0.25) is 0 Å². The Morgan fingerprint density at radius 2 is 1.17 bits per heavy atom. The predicted molar refractivity (Wildman–Crippen MR) is 101 cm³/mol. The normalized spacial score (nSPS) is 13.6. The van der Waals surface area contributed by atoms with E-state index in [1.54, 1.807) is 0 Å². The molecular formula is C19H40N3O2+. The van der Waals surface area contributed by atoms with Gasteiger partial charge in [0.05, 0.1) is 13.6 Å². The van der Waals surface area contributed by atoms with E-state index in [-0.39, 0.29) is 5.96 Å². The maximum atomic E-state index is 11.2. The van der Waals surface area contributed by atoms with Crippen molar-refractivity contribution in [3.05, 3.63) is 0 Å². The Labute approximate surface area is 148 Å². The molecule has 5 heteroatoms. The maximum Gasteiger partial charge on any atom is 0.521 e. The molecule has 0 rings (SSSR count). The van der Waals surface area contributed by atoms with Crippen molar-refractivity contribution in [2.75, 3.05) is 13.6 Å². The van der Waals surface area contributed by atoms with Gasteiger partial charge in [-0.3, -0.25) is 0 Å². The minimum absolute atomic E-state index is 0.294. The summed E-state index contributed by atoms with van der Waals surface area (Å²) in [6.45, 7) is 2.66. The molecule has 0 heterocycles. The highest BCUT2D eigenvalue weighted by molar-refractivity contribution is 5.78. The average Bonchev–Trinajstić information content (AvgIpc) is 2.54. The number of hydrogen-bond acceptors (Lipinski definition) is 2. The van der Waals surface area contributed by atoms with E-state index in [2.05, 4.69) is 6.92 Å². The molecule has 0 bridgehead atoms. The second kappa shape index (κ2) is 14.3. The molecule has 0 aromatic heterocycles. The molecule has 142 valence electrons. The van der Waals surface area contributed by atoms with Crippen molar-refractivity contribution in [2.45, 2.75) is 96.8 Å². The van der Waals surface area contributed by atoms with Crippen molar-refractivity contribution in [3.8, 4) is 0 Å². The first kappa shape index (κ1) is 22.9. The van der Waals surface area contributed by atoms with Crippen LogP contribution in [0.1, 0.15) is 96.8 Å². The Kier molecular flexibility index (Phi) is 13.6. The molecule has 0 aromatic carbocycles. The molecule has 1 unspecified atom stereocenters. The van der Waals surface area contributed by atoms with Crippen LogP contribution in [0, 0.1) is 5.41 Å². The monoisotopic (exact) mass is 342 g/mol. The zero-order chi connectivity index (χ0) is 18.3. The van der Waals surface area contributed by atoms with Crippen LogP contribution in [-0.4, -0.2) is 35.2 Å². The van der Waals surface area contributed by atoms with Crippen molar-refractivity contribution in [3.63, 3.8) is 0 Å². The Bertz CT molecular complexity index is 332. The SMILES string of the molecule is CCCCCCCCCCCCCCCC[N+](C)(C(=N)N)C(=O)O. The number of carbonyl (C=O) groups is 1. The topological polar surface area (TPSA) is 87.2 Å². The van der Waals surface area contributed by atoms with Crippen molar-refractivity contribution < 1.29 is 14.4 Å². The second-order valence-electron chi connectivity index (χ2n) is 7.18. The summed E-state index contributed by atoms with van der Waals surface area (Å²) in [4.78, 5) is 11.2. The van der Waals surface area contributed by atoms with E-state index in [9.17, 15) is 4.79 Å². The average molecular weight is 343 g/mol. The van der Waals surface area contributed by atoms with Crippen molar-refractivity contribution in [2.24, 2.45) is 5.73 Å². The number of nitrogens with one attached hydrogen (secondary N) is 1. The number of amides is 1. The fourth-order valence-electron chi connectivity index (χ4n) is 2.94. The van der Waals surface area contributed by atoms with Gasteiger partial charge in [0.25, 0.3) is 0 Å². The highest BCUT2D eigenvalue weighted by Gasteiger charge is 2.35. The summed E-state index contributed by atoms with van der Waals surface area (Å²) in [6.07, 6.45) is 16.8. The summed E-state index contributed by atoms with van der Waals surface area (Å²) >= 11 is 0. The molecule has 0 aliphatic carbocycles. The van der Waals surface area contributed by atoms with Gasteiger partial charge in [-0.15, -0.1) is 0 Å². The number of unbranched alkanes of at least 4 members (excludes halogenated alkanes) is 13. The minimum atomic E-state index is -1.04. The smallest absolute Gasteiger partial charge is 0.435 e.